The quantitative estimate of drug-likeness (QED) is 0.932. The lowest BCUT2D eigenvalue weighted by molar-refractivity contribution is 0.129. The summed E-state index contributed by atoms with van der Waals surface area (Å²) in [7, 11) is 0. The highest BCUT2D eigenvalue weighted by atomic mass is 16.5. The van der Waals surface area contributed by atoms with Gasteiger partial charge in [0.05, 0.1) is 5.92 Å². The molecule has 5 heteroatoms. The fourth-order valence-electron chi connectivity index (χ4n) is 3.31. The van der Waals surface area contributed by atoms with E-state index in [1.54, 1.807) is 0 Å². The second-order valence-electron chi connectivity index (χ2n) is 6.18. The molecule has 1 aromatic heterocycles. The van der Waals surface area contributed by atoms with E-state index in [-0.39, 0.29) is 11.3 Å². The van der Waals surface area contributed by atoms with Crippen molar-refractivity contribution in [2.75, 3.05) is 13.2 Å². The minimum absolute atomic E-state index is 0.0777. The first-order chi connectivity index (χ1) is 10.3. The number of aromatic nitrogens is 2. The lowest BCUT2D eigenvalue weighted by Gasteiger charge is -2.39. The fourth-order valence-corrected chi connectivity index (χ4v) is 3.31. The van der Waals surface area contributed by atoms with Gasteiger partial charge in [-0.1, -0.05) is 29.8 Å². The zero-order valence-corrected chi connectivity index (χ0v) is 11.9. The number of para-hydroxylation sites is 1. The van der Waals surface area contributed by atoms with Gasteiger partial charge in [0.25, 0.3) is 0 Å². The highest BCUT2D eigenvalue weighted by molar-refractivity contribution is 5.42. The van der Waals surface area contributed by atoms with Gasteiger partial charge in [-0.05, 0) is 30.9 Å². The van der Waals surface area contributed by atoms with Gasteiger partial charge in [-0.2, -0.15) is 4.98 Å². The van der Waals surface area contributed by atoms with Crippen LogP contribution < -0.4 is 10.5 Å². The van der Waals surface area contributed by atoms with Crippen LogP contribution in [0.25, 0.3) is 0 Å². The standard InChI is InChI=1S/C16H19N3O2/c17-10-16(6-3-7-16)8-14-18-15(19-21-14)12-9-20-13-5-2-1-4-11(12)13/h1-2,4-5,12H,3,6-10,17H2. The van der Waals surface area contributed by atoms with Crippen LogP contribution in [0, 0.1) is 5.41 Å². The van der Waals surface area contributed by atoms with E-state index in [0.29, 0.717) is 19.0 Å². The van der Waals surface area contributed by atoms with Crippen LogP contribution in [0.15, 0.2) is 28.8 Å². The van der Waals surface area contributed by atoms with E-state index < -0.39 is 0 Å². The third kappa shape index (κ3) is 2.12. The number of hydrogen-bond acceptors (Lipinski definition) is 5. The molecule has 0 saturated heterocycles. The average molecular weight is 285 g/mol. The maximum absolute atomic E-state index is 5.90. The Bertz CT molecular complexity index is 643. The van der Waals surface area contributed by atoms with Crippen molar-refractivity contribution in [3.63, 3.8) is 0 Å². The van der Waals surface area contributed by atoms with Gasteiger partial charge in [-0.25, -0.2) is 0 Å². The molecule has 1 saturated carbocycles. The summed E-state index contributed by atoms with van der Waals surface area (Å²) in [5.74, 6) is 2.43. The summed E-state index contributed by atoms with van der Waals surface area (Å²) in [5.41, 5.74) is 7.23. The van der Waals surface area contributed by atoms with Gasteiger partial charge in [-0.3, -0.25) is 0 Å². The van der Waals surface area contributed by atoms with Crippen LogP contribution in [0.2, 0.25) is 0 Å². The van der Waals surface area contributed by atoms with Crippen LogP contribution >= 0.6 is 0 Å². The van der Waals surface area contributed by atoms with E-state index in [1.807, 2.05) is 18.2 Å². The first-order valence-electron chi connectivity index (χ1n) is 7.54. The van der Waals surface area contributed by atoms with Crippen LogP contribution in [-0.4, -0.2) is 23.3 Å². The van der Waals surface area contributed by atoms with Crippen molar-refractivity contribution in [3.8, 4) is 5.75 Å². The fraction of sp³-hybridized carbons (Fsp3) is 0.500. The molecule has 1 aliphatic heterocycles. The van der Waals surface area contributed by atoms with Gasteiger partial charge in [0.1, 0.15) is 12.4 Å². The summed E-state index contributed by atoms with van der Waals surface area (Å²) in [4.78, 5) is 4.59. The Morgan fingerprint density at radius 1 is 1.29 bits per heavy atom. The van der Waals surface area contributed by atoms with Crippen LogP contribution in [-0.2, 0) is 6.42 Å². The molecule has 2 N–H and O–H groups in total. The SMILES string of the molecule is NCC1(Cc2nc(C3COc4ccccc43)no2)CCC1. The average Bonchev–Trinajstić information content (AvgIpc) is 3.09. The molecule has 2 heterocycles. The zero-order valence-electron chi connectivity index (χ0n) is 11.9. The van der Waals surface area contributed by atoms with Gasteiger partial charge in [0.2, 0.25) is 5.89 Å². The minimum atomic E-state index is 0.0777. The molecule has 0 amide bonds. The first kappa shape index (κ1) is 12.8. The second kappa shape index (κ2) is 4.84. The lowest BCUT2D eigenvalue weighted by Crippen LogP contribution is -2.39. The van der Waals surface area contributed by atoms with Gasteiger partial charge < -0.3 is 15.0 Å². The number of hydrogen-bond donors (Lipinski definition) is 1. The van der Waals surface area contributed by atoms with Crippen molar-refractivity contribution >= 4 is 0 Å². The van der Waals surface area contributed by atoms with Gasteiger partial charge in [0.15, 0.2) is 5.82 Å². The topological polar surface area (TPSA) is 74.2 Å². The molecule has 1 fully saturated rings. The molecule has 2 aliphatic rings. The molecule has 1 aromatic carbocycles. The van der Waals surface area contributed by atoms with Gasteiger partial charge >= 0.3 is 0 Å². The van der Waals surface area contributed by atoms with Gasteiger partial charge in [-0.15, -0.1) is 0 Å². The number of nitrogens with zero attached hydrogens (tertiary/aromatic N) is 2. The van der Waals surface area contributed by atoms with Crippen molar-refractivity contribution < 1.29 is 9.26 Å². The maximum Gasteiger partial charge on any atom is 0.227 e. The number of nitrogens with two attached hydrogens (primary N) is 1. The molecule has 4 rings (SSSR count). The Morgan fingerprint density at radius 3 is 2.90 bits per heavy atom. The molecule has 0 bridgehead atoms. The van der Waals surface area contributed by atoms with Crippen molar-refractivity contribution in [1.29, 1.82) is 0 Å². The normalized spacial score (nSPS) is 22.4. The molecular weight excluding hydrogens is 266 g/mol. The summed E-state index contributed by atoms with van der Waals surface area (Å²) in [6.45, 7) is 1.28. The summed E-state index contributed by atoms with van der Waals surface area (Å²) in [6.07, 6.45) is 4.38. The molecule has 5 nitrogen and oxygen atoms in total. The van der Waals surface area contributed by atoms with Crippen LogP contribution in [0.4, 0.5) is 0 Å². The van der Waals surface area contributed by atoms with E-state index in [0.717, 1.165) is 36.4 Å². The smallest absolute Gasteiger partial charge is 0.227 e. The van der Waals surface area contributed by atoms with Crippen molar-refractivity contribution in [2.45, 2.75) is 31.6 Å². The third-order valence-corrected chi connectivity index (χ3v) is 4.87. The minimum Gasteiger partial charge on any atom is -0.492 e. The summed E-state index contributed by atoms with van der Waals surface area (Å²) in [6, 6.07) is 8.04. The molecule has 110 valence electrons. The third-order valence-electron chi connectivity index (χ3n) is 4.87. The van der Waals surface area contributed by atoms with E-state index in [2.05, 4.69) is 16.2 Å². The summed E-state index contributed by atoms with van der Waals surface area (Å²) >= 11 is 0. The molecule has 1 unspecified atom stereocenters. The molecule has 2 aromatic rings. The van der Waals surface area contributed by atoms with Crippen LogP contribution in [0.5, 0.6) is 5.75 Å². The molecule has 1 aliphatic carbocycles. The number of fused-ring (bicyclic) bond motifs is 1. The maximum atomic E-state index is 5.90. The number of ether oxygens (including phenoxy) is 1. The Balaban J connectivity index is 1.55. The van der Waals surface area contributed by atoms with Crippen LogP contribution in [0.3, 0.4) is 0 Å². The Morgan fingerprint density at radius 2 is 2.14 bits per heavy atom. The highest BCUT2D eigenvalue weighted by Gasteiger charge is 2.38. The summed E-state index contributed by atoms with van der Waals surface area (Å²) in [5, 5.41) is 4.17. The van der Waals surface area contributed by atoms with Crippen LogP contribution in [0.1, 0.15) is 42.5 Å². The first-order valence-corrected chi connectivity index (χ1v) is 7.54. The lowest BCUT2D eigenvalue weighted by atomic mass is 9.67. The van der Waals surface area contributed by atoms with E-state index in [9.17, 15) is 0 Å². The summed E-state index contributed by atoms with van der Waals surface area (Å²) < 4.78 is 11.1. The molecule has 21 heavy (non-hydrogen) atoms. The predicted octanol–water partition coefficient (Wildman–Crippen LogP) is 2.27. The monoisotopic (exact) mass is 285 g/mol. The Hall–Kier alpha value is -1.88. The molecule has 0 spiro atoms. The highest BCUT2D eigenvalue weighted by Crippen LogP contribution is 2.43. The van der Waals surface area contributed by atoms with Gasteiger partial charge in [0, 0.05) is 12.0 Å². The second-order valence-corrected chi connectivity index (χ2v) is 6.18. The number of rotatable bonds is 4. The predicted molar refractivity (Wildman–Crippen MR) is 77.1 cm³/mol. The largest absolute Gasteiger partial charge is 0.492 e. The van der Waals surface area contributed by atoms with Crippen molar-refractivity contribution in [3.05, 3.63) is 41.5 Å². The molecule has 1 atom stereocenters. The Labute approximate surface area is 123 Å². The zero-order chi connectivity index (χ0) is 14.3. The van der Waals surface area contributed by atoms with Crippen molar-refractivity contribution in [2.24, 2.45) is 11.1 Å². The van der Waals surface area contributed by atoms with Crippen molar-refractivity contribution in [1.82, 2.24) is 10.1 Å². The van der Waals surface area contributed by atoms with E-state index >= 15 is 0 Å². The molecule has 0 radical (unpaired) electrons. The number of benzene rings is 1. The molecular formula is C16H19N3O2. The Kier molecular flexibility index (Phi) is 2.96. The van der Waals surface area contributed by atoms with E-state index in [1.165, 1.54) is 6.42 Å². The van der Waals surface area contributed by atoms with E-state index in [4.69, 9.17) is 15.0 Å².